The predicted octanol–water partition coefficient (Wildman–Crippen LogP) is 2.34. The van der Waals surface area contributed by atoms with Gasteiger partial charge in [-0.2, -0.15) is 0 Å². The Bertz CT molecular complexity index is 380. The van der Waals surface area contributed by atoms with Gasteiger partial charge in [-0.15, -0.1) is 0 Å². The van der Waals surface area contributed by atoms with Crippen LogP contribution in [0.3, 0.4) is 0 Å². The number of aromatic nitrogens is 1. The summed E-state index contributed by atoms with van der Waals surface area (Å²) >= 11 is 0. The molecular formula is C13H20N2O. The van der Waals surface area contributed by atoms with Gasteiger partial charge in [0.25, 0.3) is 0 Å². The van der Waals surface area contributed by atoms with E-state index in [0.717, 1.165) is 5.56 Å². The fraction of sp³-hybridized carbons (Fsp3) is 0.538. The third-order valence-corrected chi connectivity index (χ3v) is 2.71. The molecule has 1 unspecified atom stereocenters. The summed E-state index contributed by atoms with van der Waals surface area (Å²) in [6.07, 6.45) is 3.71. The molecule has 0 aliphatic rings. The van der Waals surface area contributed by atoms with Gasteiger partial charge in [-0.25, -0.2) is 0 Å². The normalized spacial score (nSPS) is 13.6. The first-order valence-corrected chi connectivity index (χ1v) is 5.51. The second kappa shape index (κ2) is 4.74. The Balaban J connectivity index is 2.74. The van der Waals surface area contributed by atoms with Crippen molar-refractivity contribution in [2.45, 2.75) is 40.2 Å². The second-order valence-electron chi connectivity index (χ2n) is 5.35. The van der Waals surface area contributed by atoms with Gasteiger partial charge in [-0.1, -0.05) is 20.8 Å². The van der Waals surface area contributed by atoms with Gasteiger partial charge < -0.3 is 5.73 Å². The highest BCUT2D eigenvalue weighted by atomic mass is 16.1. The lowest BCUT2D eigenvalue weighted by molar-refractivity contribution is 0.0953. The molecule has 1 rings (SSSR count). The minimum atomic E-state index is -0.125. The van der Waals surface area contributed by atoms with Gasteiger partial charge in [0.2, 0.25) is 0 Å². The van der Waals surface area contributed by atoms with Crippen molar-refractivity contribution in [1.82, 2.24) is 4.98 Å². The molecule has 1 heterocycles. The van der Waals surface area contributed by atoms with Crippen molar-refractivity contribution in [1.29, 1.82) is 0 Å². The SMILES string of the molecule is Cc1cncc(C(=O)CC(N)C(C)(C)C)c1. The van der Waals surface area contributed by atoms with Gasteiger partial charge in [0.05, 0.1) is 0 Å². The van der Waals surface area contributed by atoms with Crippen LogP contribution < -0.4 is 5.73 Å². The molecule has 1 aromatic heterocycles. The molecule has 2 N–H and O–H groups in total. The predicted molar refractivity (Wildman–Crippen MR) is 65.4 cm³/mol. The van der Waals surface area contributed by atoms with E-state index in [-0.39, 0.29) is 17.2 Å². The van der Waals surface area contributed by atoms with Crippen LogP contribution in [0.2, 0.25) is 0 Å². The number of hydrogen-bond acceptors (Lipinski definition) is 3. The summed E-state index contributed by atoms with van der Waals surface area (Å²) in [6, 6.07) is 1.73. The molecular weight excluding hydrogens is 200 g/mol. The fourth-order valence-electron chi connectivity index (χ4n) is 1.33. The number of nitrogens with zero attached hydrogens (tertiary/aromatic N) is 1. The molecule has 0 aromatic carbocycles. The van der Waals surface area contributed by atoms with Crippen molar-refractivity contribution in [3.63, 3.8) is 0 Å². The van der Waals surface area contributed by atoms with E-state index >= 15 is 0 Å². The van der Waals surface area contributed by atoms with Gasteiger partial charge in [0, 0.05) is 30.4 Å². The summed E-state index contributed by atoms with van der Waals surface area (Å²) in [5, 5.41) is 0. The van der Waals surface area contributed by atoms with Crippen LogP contribution in [0.4, 0.5) is 0 Å². The summed E-state index contributed by atoms with van der Waals surface area (Å²) < 4.78 is 0. The number of carbonyl (C=O) groups is 1. The van der Waals surface area contributed by atoms with Crippen LogP contribution in [0.5, 0.6) is 0 Å². The third kappa shape index (κ3) is 3.42. The molecule has 1 aromatic rings. The highest BCUT2D eigenvalue weighted by Gasteiger charge is 2.23. The number of nitrogens with two attached hydrogens (primary N) is 1. The van der Waals surface area contributed by atoms with Crippen molar-refractivity contribution in [3.8, 4) is 0 Å². The number of ketones is 1. The fourth-order valence-corrected chi connectivity index (χ4v) is 1.33. The summed E-state index contributed by atoms with van der Waals surface area (Å²) in [4.78, 5) is 15.9. The van der Waals surface area contributed by atoms with Gasteiger partial charge in [-0.05, 0) is 24.0 Å². The van der Waals surface area contributed by atoms with Crippen LogP contribution in [0.1, 0.15) is 43.1 Å². The molecule has 0 aliphatic heterocycles. The molecule has 0 radical (unpaired) electrons. The van der Waals surface area contributed by atoms with Crippen LogP contribution in [0.25, 0.3) is 0 Å². The van der Waals surface area contributed by atoms with Crippen LogP contribution >= 0.6 is 0 Å². The lowest BCUT2D eigenvalue weighted by Gasteiger charge is -2.26. The van der Waals surface area contributed by atoms with E-state index in [9.17, 15) is 4.79 Å². The van der Waals surface area contributed by atoms with Crippen LogP contribution in [-0.2, 0) is 0 Å². The largest absolute Gasteiger partial charge is 0.327 e. The lowest BCUT2D eigenvalue weighted by Crippen LogP contribution is -2.37. The van der Waals surface area contributed by atoms with E-state index in [1.54, 1.807) is 12.4 Å². The van der Waals surface area contributed by atoms with E-state index in [2.05, 4.69) is 4.98 Å². The molecule has 88 valence electrons. The number of hydrogen-bond donors (Lipinski definition) is 1. The van der Waals surface area contributed by atoms with Gasteiger partial charge >= 0.3 is 0 Å². The van der Waals surface area contributed by atoms with Crippen molar-refractivity contribution < 1.29 is 4.79 Å². The van der Waals surface area contributed by atoms with Crippen molar-refractivity contribution in [3.05, 3.63) is 29.6 Å². The van der Waals surface area contributed by atoms with E-state index in [1.165, 1.54) is 0 Å². The van der Waals surface area contributed by atoms with E-state index in [0.29, 0.717) is 12.0 Å². The minimum absolute atomic E-state index is 0.0487. The summed E-state index contributed by atoms with van der Waals surface area (Å²) in [5.74, 6) is 0.0682. The topological polar surface area (TPSA) is 56.0 Å². The van der Waals surface area contributed by atoms with Crippen molar-refractivity contribution in [2.75, 3.05) is 0 Å². The number of carbonyl (C=O) groups excluding carboxylic acids is 1. The number of rotatable bonds is 3. The molecule has 1 atom stereocenters. The molecule has 0 saturated carbocycles. The zero-order valence-electron chi connectivity index (χ0n) is 10.4. The number of aryl methyl sites for hydroxylation is 1. The van der Waals surface area contributed by atoms with Crippen LogP contribution in [0.15, 0.2) is 18.5 Å². The first kappa shape index (κ1) is 12.8. The average Bonchev–Trinajstić information content (AvgIpc) is 2.16. The van der Waals surface area contributed by atoms with E-state index < -0.39 is 0 Å². The van der Waals surface area contributed by atoms with Gasteiger partial charge in [-0.3, -0.25) is 9.78 Å². The molecule has 0 fully saturated rings. The maximum Gasteiger partial charge on any atom is 0.165 e. The maximum atomic E-state index is 11.9. The molecule has 0 bridgehead atoms. The Morgan fingerprint density at radius 3 is 2.56 bits per heavy atom. The van der Waals surface area contributed by atoms with Crippen molar-refractivity contribution >= 4 is 5.78 Å². The smallest absolute Gasteiger partial charge is 0.165 e. The van der Waals surface area contributed by atoms with Crippen LogP contribution in [0, 0.1) is 12.3 Å². The summed E-state index contributed by atoms with van der Waals surface area (Å²) in [6.45, 7) is 8.05. The number of pyridine rings is 1. The zero-order chi connectivity index (χ0) is 12.3. The second-order valence-corrected chi connectivity index (χ2v) is 5.35. The van der Waals surface area contributed by atoms with Crippen molar-refractivity contribution in [2.24, 2.45) is 11.1 Å². The first-order chi connectivity index (χ1) is 7.30. The zero-order valence-corrected chi connectivity index (χ0v) is 10.4. The molecule has 0 aliphatic carbocycles. The first-order valence-electron chi connectivity index (χ1n) is 5.51. The highest BCUT2D eigenvalue weighted by molar-refractivity contribution is 5.96. The monoisotopic (exact) mass is 220 g/mol. The van der Waals surface area contributed by atoms with Crippen LogP contribution in [-0.4, -0.2) is 16.8 Å². The molecule has 0 amide bonds. The van der Waals surface area contributed by atoms with Gasteiger partial charge in [0.15, 0.2) is 5.78 Å². The average molecular weight is 220 g/mol. The Kier molecular flexibility index (Phi) is 3.81. The van der Waals surface area contributed by atoms with E-state index in [4.69, 9.17) is 5.73 Å². The number of Topliss-reactive ketones (excluding diaryl/α,β-unsaturated/α-hetero) is 1. The molecule has 3 heteroatoms. The Labute approximate surface area is 97.1 Å². The quantitative estimate of drug-likeness (QED) is 0.795. The Morgan fingerprint density at radius 2 is 2.06 bits per heavy atom. The Morgan fingerprint density at radius 1 is 1.44 bits per heavy atom. The van der Waals surface area contributed by atoms with E-state index in [1.807, 2.05) is 33.8 Å². The Hall–Kier alpha value is -1.22. The lowest BCUT2D eigenvalue weighted by atomic mass is 9.84. The minimum Gasteiger partial charge on any atom is -0.327 e. The summed E-state index contributed by atoms with van der Waals surface area (Å²) in [7, 11) is 0. The maximum absolute atomic E-state index is 11.9. The third-order valence-electron chi connectivity index (χ3n) is 2.71. The molecule has 3 nitrogen and oxygen atoms in total. The van der Waals surface area contributed by atoms with Gasteiger partial charge in [0.1, 0.15) is 0 Å². The summed E-state index contributed by atoms with van der Waals surface area (Å²) in [5.41, 5.74) is 7.59. The molecule has 0 spiro atoms. The highest BCUT2D eigenvalue weighted by Crippen LogP contribution is 2.21. The molecule has 0 saturated heterocycles. The standard InChI is InChI=1S/C13H20N2O/c1-9-5-10(8-15-7-9)11(16)6-12(14)13(2,3)4/h5,7-8,12H,6,14H2,1-4H3. The molecule has 16 heavy (non-hydrogen) atoms.